The van der Waals surface area contributed by atoms with Crippen molar-refractivity contribution >= 4 is 26.6 Å². The van der Waals surface area contributed by atoms with Crippen molar-refractivity contribution in [2.75, 3.05) is 0 Å². The number of hydrogen-bond donors (Lipinski definition) is 0. The van der Waals surface area contributed by atoms with E-state index in [1.807, 2.05) is 0 Å². The van der Waals surface area contributed by atoms with Crippen LogP contribution in [0.5, 0.6) is 0 Å². The van der Waals surface area contributed by atoms with Crippen molar-refractivity contribution in [1.82, 2.24) is 5.43 Å². The van der Waals surface area contributed by atoms with Gasteiger partial charge in [0, 0.05) is 15.9 Å². The highest BCUT2D eigenvalue weighted by Gasteiger charge is 2.21. The Kier molecular flexibility index (Phi) is 1.43. The molecule has 0 saturated heterocycles. The molecule has 0 spiro atoms. The summed E-state index contributed by atoms with van der Waals surface area (Å²) in [7, 11) is 0. The summed E-state index contributed by atoms with van der Waals surface area (Å²) in [5.74, 6) is -0.484. The molecule has 1 heterocycles. The number of nitrogens with zero attached hydrogens (tertiary/aromatic N) is 4. The minimum Gasteiger partial charge on any atom is -0.390 e. The minimum absolute atomic E-state index is 0.134. The summed E-state index contributed by atoms with van der Waals surface area (Å²) in [4.78, 5) is 12.4. The summed E-state index contributed by atoms with van der Waals surface area (Å²) in [5.41, 5.74) is 3.25. The van der Waals surface area contributed by atoms with Gasteiger partial charge in [0.25, 0.3) is 0 Å². The zero-order valence-corrected chi connectivity index (χ0v) is 5.57. The van der Waals surface area contributed by atoms with Gasteiger partial charge in [-0.2, -0.15) is 0 Å². The van der Waals surface area contributed by atoms with Crippen LogP contribution in [-0.4, -0.2) is 15.6 Å². The summed E-state index contributed by atoms with van der Waals surface area (Å²) >= 11 is 2.81. The molecular formula is C2BrN4O2. The van der Waals surface area contributed by atoms with E-state index in [1.165, 1.54) is 0 Å². The molecule has 9 heavy (non-hydrogen) atoms. The average molecular weight is 192 g/mol. The highest BCUT2D eigenvalue weighted by molar-refractivity contribution is 9.18. The first kappa shape index (κ1) is 6.14. The van der Waals surface area contributed by atoms with E-state index < -0.39 is 10.9 Å². The first-order valence-electron chi connectivity index (χ1n) is 1.87. The van der Waals surface area contributed by atoms with Crippen LogP contribution in [0.2, 0.25) is 0 Å². The van der Waals surface area contributed by atoms with Gasteiger partial charge in [-0.15, -0.1) is 0 Å². The lowest BCUT2D eigenvalue weighted by atomic mass is 11.1. The quantitative estimate of drug-likeness (QED) is 0.305. The second kappa shape index (κ2) is 2.09. The molecule has 0 fully saturated rings. The Hall–Kier alpha value is -0.980. The third-order valence-electron chi connectivity index (χ3n) is 0.578. The zero-order chi connectivity index (χ0) is 6.85. The highest BCUT2D eigenvalue weighted by atomic mass is 79.9. The van der Waals surface area contributed by atoms with Gasteiger partial charge in [-0.1, -0.05) is 0 Å². The number of rotatable bonds is 0. The van der Waals surface area contributed by atoms with Gasteiger partial charge in [-0.05, 0) is 15.3 Å². The Bertz CT molecular complexity index is 209. The molecule has 0 bridgehead atoms. The largest absolute Gasteiger partial charge is 0.494 e. The molecule has 1 aliphatic heterocycles. The maximum atomic E-state index is 9.83. The fourth-order valence-electron chi connectivity index (χ4n) is 0.291. The van der Waals surface area contributed by atoms with Crippen LogP contribution in [0.15, 0.2) is 10.1 Å². The van der Waals surface area contributed by atoms with E-state index in [9.17, 15) is 10.1 Å². The van der Waals surface area contributed by atoms with Gasteiger partial charge >= 0.3 is 10.7 Å². The fraction of sp³-hybridized carbons (Fsp3) is 0. The first-order valence-corrected chi connectivity index (χ1v) is 2.67. The summed E-state index contributed by atoms with van der Waals surface area (Å²) < 4.78 is 0.134. The topological polar surface area (TPSA) is 82.0 Å². The van der Waals surface area contributed by atoms with Gasteiger partial charge in [0.15, 0.2) is 0 Å². The standard InChI is InChI=1S/C2BrN4O2/c3-1-4-2(6-5-1)7(8)9. The van der Waals surface area contributed by atoms with Crippen molar-refractivity contribution < 1.29 is 4.92 Å². The molecule has 6 nitrogen and oxygen atoms in total. The lowest BCUT2D eigenvalue weighted by molar-refractivity contribution is -0.352. The number of hydrogen-bond acceptors (Lipinski definition) is 4. The summed E-state index contributed by atoms with van der Waals surface area (Å²) in [6, 6.07) is 0. The number of nitro groups is 1. The Morgan fingerprint density at radius 1 is 1.67 bits per heavy atom. The van der Waals surface area contributed by atoms with E-state index in [0.717, 1.165) is 0 Å². The van der Waals surface area contributed by atoms with E-state index in [4.69, 9.17) is 0 Å². The van der Waals surface area contributed by atoms with Gasteiger partial charge in [-0.25, -0.2) is 0 Å². The van der Waals surface area contributed by atoms with Gasteiger partial charge in [0.05, 0.1) is 5.10 Å². The summed E-state index contributed by atoms with van der Waals surface area (Å²) in [6.45, 7) is 0. The van der Waals surface area contributed by atoms with Crippen LogP contribution in [0.1, 0.15) is 0 Å². The predicted molar refractivity (Wildman–Crippen MR) is 32.9 cm³/mol. The van der Waals surface area contributed by atoms with Crippen molar-refractivity contribution in [2.45, 2.75) is 0 Å². The molecule has 0 unspecified atom stereocenters. The molecule has 0 aromatic heterocycles. The monoisotopic (exact) mass is 191 g/mol. The molecule has 0 atom stereocenters. The van der Waals surface area contributed by atoms with Crippen LogP contribution in [0.4, 0.5) is 0 Å². The second-order valence-electron chi connectivity index (χ2n) is 1.14. The lowest BCUT2D eigenvalue weighted by Gasteiger charge is -1.82. The van der Waals surface area contributed by atoms with E-state index in [-0.39, 0.29) is 4.74 Å². The van der Waals surface area contributed by atoms with Crippen LogP contribution < -0.4 is 5.43 Å². The SMILES string of the molecule is O=[N+]([O-])C1=N[N]C(Br)=N1. The molecule has 1 rings (SSSR count). The zero-order valence-electron chi connectivity index (χ0n) is 3.98. The van der Waals surface area contributed by atoms with Crippen LogP contribution >= 0.6 is 15.9 Å². The fourth-order valence-corrected chi connectivity index (χ4v) is 0.528. The van der Waals surface area contributed by atoms with Crippen molar-refractivity contribution in [1.29, 1.82) is 0 Å². The average Bonchev–Trinajstić information content (AvgIpc) is 2.14. The van der Waals surface area contributed by atoms with Crippen molar-refractivity contribution in [3.8, 4) is 0 Å². The van der Waals surface area contributed by atoms with E-state index in [1.54, 1.807) is 0 Å². The normalized spacial score (nSPS) is 16.1. The van der Waals surface area contributed by atoms with Crippen LogP contribution in [0, 0.1) is 10.1 Å². The summed E-state index contributed by atoms with van der Waals surface area (Å²) in [5, 5.41) is 12.9. The predicted octanol–water partition coefficient (Wildman–Crippen LogP) is -0.0970. The highest BCUT2D eigenvalue weighted by Crippen LogP contribution is 1.97. The molecule has 0 saturated carbocycles. The van der Waals surface area contributed by atoms with Gasteiger partial charge < -0.3 is 10.1 Å². The first-order chi connectivity index (χ1) is 4.20. The van der Waals surface area contributed by atoms with Crippen LogP contribution in [-0.2, 0) is 0 Å². The molecule has 0 N–H and O–H groups in total. The Labute approximate surface area is 57.9 Å². The van der Waals surface area contributed by atoms with Gasteiger partial charge in [0.1, 0.15) is 0 Å². The smallest absolute Gasteiger partial charge is 0.390 e. The molecule has 0 aliphatic carbocycles. The van der Waals surface area contributed by atoms with Crippen LogP contribution in [0.25, 0.3) is 0 Å². The molecule has 0 amide bonds. The molecular weight excluding hydrogens is 192 g/mol. The minimum atomic E-state index is -0.711. The van der Waals surface area contributed by atoms with Gasteiger partial charge in [0.2, 0.25) is 0 Å². The molecule has 1 radical (unpaired) electrons. The Morgan fingerprint density at radius 3 is 2.56 bits per heavy atom. The van der Waals surface area contributed by atoms with Crippen molar-refractivity contribution in [2.24, 2.45) is 10.1 Å². The molecule has 47 valence electrons. The van der Waals surface area contributed by atoms with E-state index in [0.29, 0.717) is 0 Å². The Balaban J connectivity index is 2.75. The van der Waals surface area contributed by atoms with Gasteiger partial charge in [-0.3, -0.25) is 0 Å². The van der Waals surface area contributed by atoms with E-state index in [2.05, 4.69) is 31.4 Å². The van der Waals surface area contributed by atoms with E-state index >= 15 is 0 Å². The molecule has 0 aromatic rings. The number of amidine groups is 1. The molecule has 0 aromatic carbocycles. The van der Waals surface area contributed by atoms with Crippen molar-refractivity contribution in [3.05, 3.63) is 10.1 Å². The molecule has 1 aliphatic rings. The third kappa shape index (κ3) is 1.22. The van der Waals surface area contributed by atoms with Crippen molar-refractivity contribution in [3.63, 3.8) is 0 Å². The third-order valence-corrected chi connectivity index (χ3v) is 0.913. The summed E-state index contributed by atoms with van der Waals surface area (Å²) in [6.07, 6.45) is 0. The maximum Gasteiger partial charge on any atom is 0.494 e. The second-order valence-corrected chi connectivity index (χ2v) is 1.85. The number of guanidine groups is 1. The molecule has 7 heteroatoms. The van der Waals surface area contributed by atoms with Crippen LogP contribution in [0.3, 0.4) is 0 Å². The Morgan fingerprint density at radius 2 is 2.33 bits per heavy atom. The lowest BCUT2D eigenvalue weighted by Crippen LogP contribution is -2.05. The number of halogens is 1. The maximum absolute atomic E-state index is 9.83. The number of aliphatic imine (C=N–C) groups is 1.